The Morgan fingerprint density at radius 2 is 1.63 bits per heavy atom. The molecule has 0 saturated carbocycles. The fraction of sp³-hybridized carbons (Fsp3) is 0.250. The molecule has 0 N–H and O–H groups in total. The van der Waals surface area contributed by atoms with Gasteiger partial charge in [0.15, 0.2) is 5.78 Å². The monoisotopic (exact) mass is 378 g/mol. The van der Waals surface area contributed by atoms with Crippen molar-refractivity contribution in [3.05, 3.63) is 77.8 Å². The van der Waals surface area contributed by atoms with E-state index in [0.717, 1.165) is 12.1 Å². The van der Waals surface area contributed by atoms with E-state index in [-0.39, 0.29) is 5.78 Å². The van der Waals surface area contributed by atoms with Crippen molar-refractivity contribution in [3.63, 3.8) is 0 Å². The lowest BCUT2D eigenvalue weighted by molar-refractivity contribution is -0.137. The fourth-order valence-electron chi connectivity index (χ4n) is 2.89. The van der Waals surface area contributed by atoms with E-state index < -0.39 is 17.6 Å². The number of anilines is 1. The first-order valence-corrected chi connectivity index (χ1v) is 8.47. The summed E-state index contributed by atoms with van der Waals surface area (Å²) in [6.45, 7) is 2.28. The van der Waals surface area contributed by atoms with Gasteiger partial charge in [-0.3, -0.25) is 4.79 Å². The van der Waals surface area contributed by atoms with Gasteiger partial charge in [-0.15, -0.1) is 0 Å². The molecule has 1 aliphatic rings. The molecular formula is C20H18F4N2O. The molecule has 0 spiro atoms. The Morgan fingerprint density at radius 3 is 2.26 bits per heavy atom. The van der Waals surface area contributed by atoms with Crippen LogP contribution >= 0.6 is 0 Å². The lowest BCUT2D eigenvalue weighted by Gasteiger charge is -2.35. The standard InChI is InChI=1S/C20H18F4N2O/c21-17-6-4-15(5-7-17)19(27)8-9-25-10-12-26(13-11-25)18-3-1-2-16(14-18)20(22,23)24/h1-9,14H,10-13H2. The molecule has 0 unspecified atom stereocenters. The minimum atomic E-state index is -4.36. The molecule has 1 saturated heterocycles. The van der Waals surface area contributed by atoms with Gasteiger partial charge in [0.25, 0.3) is 0 Å². The Bertz CT molecular complexity index is 823. The number of hydrogen-bond donors (Lipinski definition) is 0. The van der Waals surface area contributed by atoms with E-state index in [0.29, 0.717) is 37.4 Å². The predicted molar refractivity (Wildman–Crippen MR) is 95.1 cm³/mol. The Labute approximate surface area is 154 Å². The summed E-state index contributed by atoms with van der Waals surface area (Å²) in [5.41, 5.74) is 0.276. The van der Waals surface area contributed by atoms with Crippen molar-refractivity contribution in [1.29, 1.82) is 0 Å². The van der Waals surface area contributed by atoms with E-state index in [1.165, 1.54) is 36.4 Å². The van der Waals surface area contributed by atoms with Gasteiger partial charge in [-0.25, -0.2) is 4.39 Å². The summed E-state index contributed by atoms with van der Waals surface area (Å²) in [6, 6.07) is 10.6. The molecule has 0 amide bonds. The molecule has 142 valence electrons. The van der Waals surface area contributed by atoms with Crippen LogP contribution < -0.4 is 4.90 Å². The van der Waals surface area contributed by atoms with Gasteiger partial charge in [-0.2, -0.15) is 13.2 Å². The molecule has 1 fully saturated rings. The number of allylic oxidation sites excluding steroid dienone is 1. The summed E-state index contributed by atoms with van der Waals surface area (Å²) in [5, 5.41) is 0. The first-order valence-electron chi connectivity index (χ1n) is 8.47. The maximum atomic E-state index is 12.9. The average Bonchev–Trinajstić information content (AvgIpc) is 2.66. The zero-order chi connectivity index (χ0) is 19.4. The van der Waals surface area contributed by atoms with Crippen molar-refractivity contribution in [2.45, 2.75) is 6.18 Å². The number of ketones is 1. The second kappa shape index (κ2) is 7.82. The fourth-order valence-corrected chi connectivity index (χ4v) is 2.89. The van der Waals surface area contributed by atoms with Crippen LogP contribution in [0.2, 0.25) is 0 Å². The largest absolute Gasteiger partial charge is 0.416 e. The van der Waals surface area contributed by atoms with Gasteiger partial charge in [0.05, 0.1) is 5.56 Å². The van der Waals surface area contributed by atoms with Gasteiger partial charge < -0.3 is 9.80 Å². The molecule has 2 aromatic carbocycles. The lowest BCUT2D eigenvalue weighted by atomic mass is 10.1. The molecule has 1 heterocycles. The minimum Gasteiger partial charge on any atom is -0.374 e. The van der Waals surface area contributed by atoms with E-state index in [2.05, 4.69) is 0 Å². The van der Waals surface area contributed by atoms with Gasteiger partial charge in [-0.1, -0.05) is 6.07 Å². The van der Waals surface area contributed by atoms with Crippen LogP contribution in [0.1, 0.15) is 15.9 Å². The molecule has 0 aromatic heterocycles. The summed E-state index contributed by atoms with van der Waals surface area (Å²) in [4.78, 5) is 15.9. The van der Waals surface area contributed by atoms with Crippen LogP contribution in [0.4, 0.5) is 23.2 Å². The van der Waals surface area contributed by atoms with Crippen LogP contribution in [-0.4, -0.2) is 36.9 Å². The first kappa shape index (κ1) is 18.9. The second-order valence-corrected chi connectivity index (χ2v) is 6.26. The Kier molecular flexibility index (Phi) is 5.48. The number of carbonyl (C=O) groups is 1. The zero-order valence-electron chi connectivity index (χ0n) is 14.4. The van der Waals surface area contributed by atoms with Gasteiger partial charge in [-0.05, 0) is 42.5 Å². The summed E-state index contributed by atoms with van der Waals surface area (Å²) < 4.78 is 51.4. The van der Waals surface area contributed by atoms with Gasteiger partial charge >= 0.3 is 6.18 Å². The highest BCUT2D eigenvalue weighted by molar-refractivity contribution is 6.04. The third-order valence-electron chi connectivity index (χ3n) is 4.42. The normalized spacial score (nSPS) is 15.4. The highest BCUT2D eigenvalue weighted by Crippen LogP contribution is 2.31. The van der Waals surface area contributed by atoms with Crippen molar-refractivity contribution >= 4 is 11.5 Å². The molecule has 27 heavy (non-hydrogen) atoms. The number of hydrogen-bond acceptors (Lipinski definition) is 3. The van der Waals surface area contributed by atoms with Crippen LogP contribution in [0.15, 0.2) is 60.8 Å². The highest BCUT2D eigenvalue weighted by Gasteiger charge is 2.31. The van der Waals surface area contributed by atoms with Crippen molar-refractivity contribution in [3.8, 4) is 0 Å². The van der Waals surface area contributed by atoms with Crippen LogP contribution in [-0.2, 0) is 6.18 Å². The van der Waals surface area contributed by atoms with Crippen molar-refractivity contribution in [2.75, 3.05) is 31.1 Å². The molecule has 7 heteroatoms. The quantitative estimate of drug-likeness (QED) is 0.449. The summed E-state index contributed by atoms with van der Waals surface area (Å²) in [7, 11) is 0. The molecule has 0 atom stereocenters. The molecule has 1 aliphatic heterocycles. The molecule has 3 rings (SSSR count). The predicted octanol–water partition coefficient (Wildman–Crippen LogP) is 4.36. The maximum absolute atomic E-state index is 12.9. The summed E-state index contributed by atoms with van der Waals surface area (Å²) >= 11 is 0. The van der Waals surface area contributed by atoms with E-state index in [1.54, 1.807) is 12.3 Å². The lowest BCUT2D eigenvalue weighted by Crippen LogP contribution is -2.44. The second-order valence-electron chi connectivity index (χ2n) is 6.26. The molecule has 0 aliphatic carbocycles. The van der Waals surface area contributed by atoms with E-state index in [1.807, 2.05) is 9.80 Å². The van der Waals surface area contributed by atoms with E-state index >= 15 is 0 Å². The van der Waals surface area contributed by atoms with Gasteiger partial charge in [0.2, 0.25) is 0 Å². The Hall–Kier alpha value is -2.83. The van der Waals surface area contributed by atoms with Crippen molar-refractivity contribution < 1.29 is 22.4 Å². The molecule has 3 nitrogen and oxygen atoms in total. The molecule has 2 aromatic rings. The average molecular weight is 378 g/mol. The number of rotatable bonds is 4. The number of piperazine rings is 1. The summed E-state index contributed by atoms with van der Waals surface area (Å²) in [5.74, 6) is -0.628. The SMILES string of the molecule is O=C(C=CN1CCN(c2cccc(C(F)(F)F)c2)CC1)c1ccc(F)cc1. The van der Waals surface area contributed by atoms with Crippen molar-refractivity contribution in [1.82, 2.24) is 4.90 Å². The van der Waals surface area contributed by atoms with E-state index in [4.69, 9.17) is 0 Å². The van der Waals surface area contributed by atoms with Gasteiger partial charge in [0, 0.05) is 49.7 Å². The zero-order valence-corrected chi connectivity index (χ0v) is 14.4. The van der Waals surface area contributed by atoms with Crippen LogP contribution in [0, 0.1) is 5.82 Å². The number of halogens is 4. The third-order valence-corrected chi connectivity index (χ3v) is 4.42. The number of alkyl halides is 3. The topological polar surface area (TPSA) is 23.6 Å². The smallest absolute Gasteiger partial charge is 0.374 e. The maximum Gasteiger partial charge on any atom is 0.416 e. The Morgan fingerprint density at radius 1 is 0.963 bits per heavy atom. The number of benzene rings is 2. The van der Waals surface area contributed by atoms with E-state index in [9.17, 15) is 22.4 Å². The van der Waals surface area contributed by atoms with Crippen LogP contribution in [0.3, 0.4) is 0 Å². The number of nitrogens with zero attached hydrogens (tertiary/aromatic N) is 2. The molecule has 0 radical (unpaired) electrons. The highest BCUT2D eigenvalue weighted by atomic mass is 19.4. The number of carbonyl (C=O) groups excluding carboxylic acids is 1. The van der Waals surface area contributed by atoms with Crippen LogP contribution in [0.25, 0.3) is 0 Å². The van der Waals surface area contributed by atoms with Crippen LogP contribution in [0.5, 0.6) is 0 Å². The summed E-state index contributed by atoms with van der Waals surface area (Å²) in [6.07, 6.45) is -1.26. The first-order chi connectivity index (χ1) is 12.8. The third kappa shape index (κ3) is 4.87. The van der Waals surface area contributed by atoms with Gasteiger partial charge in [0.1, 0.15) is 5.82 Å². The minimum absolute atomic E-state index is 0.227. The molecule has 0 bridgehead atoms. The van der Waals surface area contributed by atoms with Crippen molar-refractivity contribution in [2.24, 2.45) is 0 Å². The molecular weight excluding hydrogens is 360 g/mol. The Balaban J connectivity index is 1.57.